The third-order valence-electron chi connectivity index (χ3n) is 3.62. The first-order chi connectivity index (χ1) is 13.2. The molecule has 0 aliphatic carbocycles. The Morgan fingerprint density at radius 1 is 1.32 bits per heavy atom. The summed E-state index contributed by atoms with van der Waals surface area (Å²) in [6.45, 7) is 9.59. The van der Waals surface area contributed by atoms with Gasteiger partial charge in [-0.25, -0.2) is 4.79 Å². The zero-order valence-corrected chi connectivity index (χ0v) is 17.1. The molecule has 0 aromatic heterocycles. The van der Waals surface area contributed by atoms with Gasteiger partial charge in [0.2, 0.25) is 6.29 Å². The summed E-state index contributed by atoms with van der Waals surface area (Å²) in [5.41, 5.74) is 9.42. The predicted molar refractivity (Wildman–Crippen MR) is 107 cm³/mol. The molecule has 0 bridgehead atoms. The number of esters is 1. The van der Waals surface area contributed by atoms with Crippen LogP contribution in [0.15, 0.2) is 18.2 Å². The molecule has 8 heteroatoms. The van der Waals surface area contributed by atoms with Crippen LogP contribution in [-0.2, 0) is 30.3 Å². The van der Waals surface area contributed by atoms with Crippen LogP contribution in [0.25, 0.3) is 0 Å². The maximum atomic E-state index is 10.8. The van der Waals surface area contributed by atoms with Gasteiger partial charge in [0, 0.05) is 12.3 Å². The number of carbonyl (C=O) groups is 2. The Labute approximate surface area is 165 Å². The van der Waals surface area contributed by atoms with Crippen LogP contribution in [0, 0.1) is 13.8 Å². The summed E-state index contributed by atoms with van der Waals surface area (Å²) in [6.07, 6.45) is 0.900. The minimum absolute atomic E-state index is 0.240. The number of aliphatic carboxylic acids is 1. The second kappa shape index (κ2) is 13.5. The minimum Gasteiger partial charge on any atom is -0.480 e. The Balaban J connectivity index is 0.000000546. The Bertz CT molecular complexity index is 698. The molecular weight excluding hydrogens is 364 g/mol. The third kappa shape index (κ3) is 9.32. The van der Waals surface area contributed by atoms with Crippen molar-refractivity contribution in [3.05, 3.63) is 34.9 Å². The summed E-state index contributed by atoms with van der Waals surface area (Å²) < 4.78 is 9.41. The van der Waals surface area contributed by atoms with E-state index in [0.29, 0.717) is 6.61 Å². The smallest absolute Gasteiger partial charge is 0.325 e. The number of rotatable bonds is 9. The average molecular weight is 394 g/mol. The number of nitrogens with one attached hydrogen (secondary N) is 1. The highest BCUT2D eigenvalue weighted by Gasteiger charge is 2.14. The molecule has 4 N–H and O–H groups in total. The zero-order chi connectivity index (χ0) is 21.7. The van der Waals surface area contributed by atoms with E-state index in [2.05, 4.69) is 36.0 Å². The van der Waals surface area contributed by atoms with Crippen molar-refractivity contribution in [3.8, 4) is 0 Å². The van der Waals surface area contributed by atoms with Gasteiger partial charge in [-0.05, 0) is 45.2 Å². The molecule has 2 atom stereocenters. The van der Waals surface area contributed by atoms with Crippen LogP contribution < -0.4 is 11.1 Å². The van der Waals surface area contributed by atoms with E-state index < -0.39 is 24.3 Å². The second-order valence-electron chi connectivity index (χ2n) is 5.98. The number of nitrogens with two attached hydrogens (primary N) is 1. The lowest BCUT2D eigenvalue weighted by molar-refractivity contribution is -0.166. The summed E-state index contributed by atoms with van der Waals surface area (Å²) in [5, 5.41) is 11.9. The van der Waals surface area contributed by atoms with Crippen molar-refractivity contribution in [3.63, 3.8) is 0 Å². The first-order valence-electron chi connectivity index (χ1n) is 9.01. The van der Waals surface area contributed by atoms with Crippen LogP contribution in [0.2, 0.25) is 0 Å². The molecule has 1 aromatic carbocycles. The number of carboxylic acids is 1. The third-order valence-corrected chi connectivity index (χ3v) is 3.62. The van der Waals surface area contributed by atoms with E-state index >= 15 is 0 Å². The lowest BCUT2D eigenvalue weighted by Crippen LogP contribution is -2.26. The molecule has 156 valence electrons. The first-order valence-corrected chi connectivity index (χ1v) is 9.01. The molecule has 0 fully saturated rings. The van der Waals surface area contributed by atoms with Crippen LogP contribution in [0.4, 0.5) is 5.69 Å². The summed E-state index contributed by atoms with van der Waals surface area (Å²) in [6, 6.07) is 3.60. The van der Waals surface area contributed by atoms with Crippen LogP contribution in [-0.4, -0.2) is 48.5 Å². The van der Waals surface area contributed by atoms with E-state index in [0.717, 1.165) is 23.7 Å². The molecular formula is C20H30N2O6. The standard InChI is InChI=1S/C13H19NO2.C7H11NO4/c1-5-11-7-8(2)6-9(3)12(11)14-10(4)13(15)16;1-2-11-7(3-4-9)12-6(10)5-8/h6-7,10,14H,5H2,1-4H3,(H,15,16);3,7H,2,5,8H2,1H3/t10-;/m0./s1. The van der Waals surface area contributed by atoms with Gasteiger partial charge in [0.05, 0.1) is 12.6 Å². The van der Waals surface area contributed by atoms with Crippen molar-refractivity contribution in [2.75, 3.05) is 18.5 Å². The molecule has 8 nitrogen and oxygen atoms in total. The maximum absolute atomic E-state index is 10.8. The molecule has 0 spiro atoms. The highest BCUT2D eigenvalue weighted by molar-refractivity contribution is 5.78. The monoisotopic (exact) mass is 394 g/mol. The van der Waals surface area contributed by atoms with Crippen molar-refractivity contribution in [1.82, 2.24) is 0 Å². The van der Waals surface area contributed by atoms with E-state index in [1.807, 2.05) is 6.92 Å². The molecule has 0 aliphatic rings. The summed E-state index contributed by atoms with van der Waals surface area (Å²) in [4.78, 5) is 31.3. The van der Waals surface area contributed by atoms with Gasteiger partial charge in [0.15, 0.2) is 0 Å². The second-order valence-corrected chi connectivity index (χ2v) is 5.98. The van der Waals surface area contributed by atoms with Gasteiger partial charge < -0.3 is 25.6 Å². The molecule has 0 saturated heterocycles. The van der Waals surface area contributed by atoms with Gasteiger partial charge >= 0.3 is 11.9 Å². The quantitative estimate of drug-likeness (QED) is 0.330. The van der Waals surface area contributed by atoms with E-state index in [9.17, 15) is 14.4 Å². The normalized spacial score (nSPS) is 11.9. The van der Waals surface area contributed by atoms with Crippen LogP contribution in [0.1, 0.15) is 37.5 Å². The molecule has 0 radical (unpaired) electrons. The molecule has 28 heavy (non-hydrogen) atoms. The van der Waals surface area contributed by atoms with E-state index in [-0.39, 0.29) is 6.54 Å². The SMILES string of the molecule is CCOC(C=C=O)OC(=O)CN.CCc1cc(C)cc(C)c1N[C@@H](C)C(=O)O. The van der Waals surface area contributed by atoms with Crippen LogP contribution in [0.5, 0.6) is 0 Å². The Morgan fingerprint density at radius 2 is 1.96 bits per heavy atom. The maximum Gasteiger partial charge on any atom is 0.325 e. The van der Waals surface area contributed by atoms with Crippen molar-refractivity contribution in [2.24, 2.45) is 5.73 Å². The van der Waals surface area contributed by atoms with Crippen molar-refractivity contribution < 1.29 is 29.0 Å². The van der Waals surface area contributed by atoms with Crippen LogP contribution >= 0.6 is 0 Å². The van der Waals surface area contributed by atoms with Gasteiger partial charge in [0.1, 0.15) is 12.0 Å². The summed E-state index contributed by atoms with van der Waals surface area (Å²) in [5.74, 6) is 0.00752. The predicted octanol–water partition coefficient (Wildman–Crippen LogP) is 1.99. The highest BCUT2D eigenvalue weighted by Crippen LogP contribution is 2.24. The fourth-order valence-electron chi connectivity index (χ4n) is 2.33. The van der Waals surface area contributed by atoms with Crippen molar-refractivity contribution >= 4 is 23.6 Å². The van der Waals surface area contributed by atoms with Gasteiger partial charge in [-0.2, -0.15) is 0 Å². The molecule has 0 amide bonds. The van der Waals surface area contributed by atoms with Gasteiger partial charge in [-0.1, -0.05) is 24.6 Å². The largest absolute Gasteiger partial charge is 0.480 e. The number of carbonyl (C=O) groups excluding carboxylic acids is 2. The molecule has 1 unspecified atom stereocenters. The number of carboxylic acid groups (broad SMARTS) is 1. The topological polar surface area (TPSA) is 128 Å². The van der Waals surface area contributed by atoms with Crippen molar-refractivity contribution in [1.29, 1.82) is 0 Å². The van der Waals surface area contributed by atoms with E-state index in [1.165, 1.54) is 17.1 Å². The zero-order valence-electron chi connectivity index (χ0n) is 17.1. The van der Waals surface area contributed by atoms with Crippen molar-refractivity contribution in [2.45, 2.75) is 53.4 Å². The molecule has 0 aliphatic heterocycles. The number of anilines is 1. The lowest BCUT2D eigenvalue weighted by Gasteiger charge is -2.17. The Kier molecular flexibility index (Phi) is 12.2. The summed E-state index contributed by atoms with van der Waals surface area (Å²) >= 11 is 0. The number of ether oxygens (including phenoxy) is 2. The number of hydrogen-bond donors (Lipinski definition) is 3. The fourth-order valence-corrected chi connectivity index (χ4v) is 2.33. The molecule has 0 saturated carbocycles. The summed E-state index contributed by atoms with van der Waals surface area (Å²) in [7, 11) is 0. The number of aryl methyl sites for hydroxylation is 3. The number of benzene rings is 1. The average Bonchev–Trinajstić information content (AvgIpc) is 2.64. The van der Waals surface area contributed by atoms with Gasteiger partial charge in [-0.3, -0.25) is 9.59 Å². The first kappa shape index (κ1) is 25.3. The van der Waals surface area contributed by atoms with Gasteiger partial charge in [0.25, 0.3) is 0 Å². The molecule has 1 rings (SSSR count). The van der Waals surface area contributed by atoms with E-state index in [4.69, 9.17) is 15.6 Å². The molecule has 1 aromatic rings. The van der Waals surface area contributed by atoms with Gasteiger partial charge in [-0.15, -0.1) is 0 Å². The Hall–Kier alpha value is -2.67. The molecule has 0 heterocycles. The van der Waals surface area contributed by atoms with Crippen LogP contribution in [0.3, 0.4) is 0 Å². The highest BCUT2D eigenvalue weighted by atomic mass is 16.7. The lowest BCUT2D eigenvalue weighted by atomic mass is 10.0. The minimum atomic E-state index is -0.969. The Morgan fingerprint density at radius 3 is 2.43 bits per heavy atom. The number of hydrogen-bond acceptors (Lipinski definition) is 7. The van der Waals surface area contributed by atoms with E-state index in [1.54, 1.807) is 13.8 Å². The fraction of sp³-hybridized carbons (Fsp3) is 0.500.